The first kappa shape index (κ1) is 16.7. The van der Waals surface area contributed by atoms with Crippen LogP contribution in [0.5, 0.6) is 0 Å². The van der Waals surface area contributed by atoms with E-state index < -0.39 is 5.54 Å². The lowest BCUT2D eigenvalue weighted by molar-refractivity contribution is -0.148. The van der Waals surface area contributed by atoms with Gasteiger partial charge in [0.15, 0.2) is 0 Å². The van der Waals surface area contributed by atoms with Crippen LogP contribution in [0, 0.1) is 0 Å². The van der Waals surface area contributed by atoms with Crippen LogP contribution in [0.25, 0.3) is 0 Å². The number of ether oxygens (including phenoxy) is 1. The van der Waals surface area contributed by atoms with Gasteiger partial charge in [-0.15, -0.1) is 0 Å². The molecule has 0 spiro atoms. The van der Waals surface area contributed by atoms with Gasteiger partial charge in [0, 0.05) is 26.0 Å². The molecule has 1 atom stereocenters. The minimum absolute atomic E-state index is 0.238. The van der Waals surface area contributed by atoms with Crippen LogP contribution in [0.3, 0.4) is 0 Å². The third-order valence-corrected chi connectivity index (χ3v) is 3.32. The maximum absolute atomic E-state index is 12.0. The van der Waals surface area contributed by atoms with E-state index in [2.05, 4.69) is 22.1 Å². The van der Waals surface area contributed by atoms with Crippen LogP contribution < -0.4 is 5.32 Å². The molecule has 1 N–H and O–H groups in total. The Hall–Kier alpha value is -1.40. The average Bonchev–Trinajstić information content (AvgIpc) is 2.80. The molecule has 0 aromatic carbocycles. The summed E-state index contributed by atoms with van der Waals surface area (Å²) in [6.07, 6.45) is 4.66. The Kier molecular flexibility index (Phi) is 6.16. The zero-order valence-electron chi connectivity index (χ0n) is 13.1. The molecule has 0 amide bonds. The topological polar surface area (TPSA) is 59.4 Å². The molecule has 0 aliphatic rings. The Labute approximate surface area is 121 Å². The van der Waals surface area contributed by atoms with Crippen molar-refractivity contribution in [2.75, 3.05) is 27.2 Å². The molecule has 6 heteroatoms. The first-order chi connectivity index (χ1) is 9.42. The van der Waals surface area contributed by atoms with Crippen LogP contribution in [-0.4, -0.2) is 53.2 Å². The number of imidazole rings is 1. The lowest BCUT2D eigenvalue weighted by Gasteiger charge is -2.32. The zero-order valence-corrected chi connectivity index (χ0v) is 13.1. The summed E-state index contributed by atoms with van der Waals surface area (Å²) >= 11 is 0. The van der Waals surface area contributed by atoms with Gasteiger partial charge in [0.25, 0.3) is 0 Å². The number of nitrogens with one attached hydrogen (secondary N) is 1. The number of aryl methyl sites for hydroxylation is 1. The highest BCUT2D eigenvalue weighted by Gasteiger charge is 2.35. The van der Waals surface area contributed by atoms with Crippen molar-refractivity contribution in [3.63, 3.8) is 0 Å². The van der Waals surface area contributed by atoms with Gasteiger partial charge < -0.3 is 14.6 Å². The standard InChI is InChI=1S/C14H26N4O2/c1-6-7-16-14(2,13(19)20-5)11-17(3)10-12-15-8-9-18(12)4/h8-9,16H,6-7,10-11H2,1-5H3. The number of esters is 1. The molecular formula is C14H26N4O2. The fourth-order valence-corrected chi connectivity index (χ4v) is 2.20. The zero-order chi connectivity index (χ0) is 15.2. The molecular weight excluding hydrogens is 256 g/mol. The molecule has 1 unspecified atom stereocenters. The molecule has 1 rings (SSSR count). The molecule has 0 aliphatic heterocycles. The van der Waals surface area contributed by atoms with E-state index in [1.807, 2.05) is 31.8 Å². The second-order valence-corrected chi connectivity index (χ2v) is 5.38. The number of nitrogens with zero attached hydrogens (tertiary/aromatic N) is 3. The lowest BCUT2D eigenvalue weighted by atomic mass is 10.0. The summed E-state index contributed by atoms with van der Waals surface area (Å²) in [6.45, 7) is 5.98. The molecule has 0 aliphatic carbocycles. The second-order valence-electron chi connectivity index (χ2n) is 5.38. The predicted molar refractivity (Wildman–Crippen MR) is 78.3 cm³/mol. The maximum Gasteiger partial charge on any atom is 0.327 e. The molecule has 114 valence electrons. The fraction of sp³-hybridized carbons (Fsp3) is 0.714. The molecule has 20 heavy (non-hydrogen) atoms. The Bertz CT molecular complexity index is 433. The number of carbonyl (C=O) groups excluding carboxylic acids is 1. The Morgan fingerprint density at radius 1 is 1.60 bits per heavy atom. The van der Waals surface area contributed by atoms with Gasteiger partial charge in [-0.3, -0.25) is 9.69 Å². The highest BCUT2D eigenvalue weighted by molar-refractivity contribution is 5.80. The van der Waals surface area contributed by atoms with Crippen molar-refractivity contribution in [2.24, 2.45) is 7.05 Å². The van der Waals surface area contributed by atoms with Crippen LogP contribution >= 0.6 is 0 Å². The highest BCUT2D eigenvalue weighted by Crippen LogP contribution is 2.11. The number of aromatic nitrogens is 2. The van der Waals surface area contributed by atoms with E-state index >= 15 is 0 Å². The van der Waals surface area contributed by atoms with E-state index in [0.29, 0.717) is 13.1 Å². The van der Waals surface area contributed by atoms with Crippen LogP contribution in [0.1, 0.15) is 26.1 Å². The van der Waals surface area contributed by atoms with Gasteiger partial charge in [-0.05, 0) is 26.9 Å². The van der Waals surface area contributed by atoms with E-state index in [-0.39, 0.29) is 5.97 Å². The summed E-state index contributed by atoms with van der Waals surface area (Å²) in [7, 11) is 5.36. The molecule has 0 saturated heterocycles. The van der Waals surface area contributed by atoms with E-state index in [1.165, 1.54) is 7.11 Å². The molecule has 0 fully saturated rings. The normalized spacial score (nSPS) is 14.3. The van der Waals surface area contributed by atoms with Gasteiger partial charge in [0.1, 0.15) is 11.4 Å². The molecule has 0 saturated carbocycles. The quantitative estimate of drug-likeness (QED) is 0.714. The number of methoxy groups -OCH3 is 1. The van der Waals surface area contributed by atoms with Crippen molar-refractivity contribution in [3.05, 3.63) is 18.2 Å². The maximum atomic E-state index is 12.0. The van der Waals surface area contributed by atoms with Crippen molar-refractivity contribution in [3.8, 4) is 0 Å². The summed E-state index contributed by atoms with van der Waals surface area (Å²) in [5, 5.41) is 3.28. The van der Waals surface area contributed by atoms with E-state index in [0.717, 1.165) is 18.8 Å². The summed E-state index contributed by atoms with van der Waals surface area (Å²) in [5.41, 5.74) is -0.704. The largest absolute Gasteiger partial charge is 0.468 e. The van der Waals surface area contributed by atoms with Gasteiger partial charge in [-0.1, -0.05) is 6.92 Å². The summed E-state index contributed by atoms with van der Waals surface area (Å²) in [4.78, 5) is 18.4. The van der Waals surface area contributed by atoms with Crippen LogP contribution in [0.15, 0.2) is 12.4 Å². The third kappa shape index (κ3) is 4.31. The minimum atomic E-state index is -0.704. The van der Waals surface area contributed by atoms with Gasteiger partial charge in [-0.25, -0.2) is 4.98 Å². The first-order valence-electron chi connectivity index (χ1n) is 6.91. The van der Waals surface area contributed by atoms with Crippen molar-refractivity contribution >= 4 is 5.97 Å². The SMILES string of the molecule is CCCNC(C)(CN(C)Cc1nccn1C)C(=O)OC. The summed E-state index contributed by atoms with van der Waals surface area (Å²) in [5.74, 6) is 0.729. The van der Waals surface area contributed by atoms with Crippen LogP contribution in [-0.2, 0) is 23.1 Å². The van der Waals surface area contributed by atoms with Crippen LogP contribution in [0.4, 0.5) is 0 Å². The Morgan fingerprint density at radius 2 is 2.30 bits per heavy atom. The number of likely N-dealkylation sites (N-methyl/N-ethyl adjacent to an activating group) is 1. The smallest absolute Gasteiger partial charge is 0.327 e. The monoisotopic (exact) mass is 282 g/mol. The van der Waals surface area contributed by atoms with E-state index in [4.69, 9.17) is 4.74 Å². The summed E-state index contributed by atoms with van der Waals surface area (Å²) in [6, 6.07) is 0. The Balaban J connectivity index is 2.68. The predicted octanol–water partition coefficient (Wildman–Crippen LogP) is 0.783. The van der Waals surface area contributed by atoms with Crippen LogP contribution in [0.2, 0.25) is 0 Å². The van der Waals surface area contributed by atoms with Crippen molar-refractivity contribution in [1.82, 2.24) is 19.8 Å². The number of rotatable bonds is 8. The molecule has 1 aromatic heterocycles. The molecule has 1 heterocycles. The molecule has 0 bridgehead atoms. The highest BCUT2D eigenvalue weighted by atomic mass is 16.5. The van der Waals surface area contributed by atoms with Crippen molar-refractivity contribution < 1.29 is 9.53 Å². The molecule has 6 nitrogen and oxygen atoms in total. The summed E-state index contributed by atoms with van der Waals surface area (Å²) < 4.78 is 6.90. The minimum Gasteiger partial charge on any atom is -0.468 e. The third-order valence-electron chi connectivity index (χ3n) is 3.32. The lowest BCUT2D eigenvalue weighted by Crippen LogP contribution is -2.57. The fourth-order valence-electron chi connectivity index (χ4n) is 2.20. The first-order valence-corrected chi connectivity index (χ1v) is 6.91. The van der Waals surface area contributed by atoms with Gasteiger partial charge >= 0.3 is 5.97 Å². The average molecular weight is 282 g/mol. The number of hydrogen-bond donors (Lipinski definition) is 1. The van der Waals surface area contributed by atoms with Gasteiger partial charge in [0.2, 0.25) is 0 Å². The Morgan fingerprint density at radius 3 is 2.80 bits per heavy atom. The van der Waals surface area contributed by atoms with Gasteiger partial charge in [0.05, 0.1) is 13.7 Å². The molecule has 1 aromatic rings. The number of carbonyl (C=O) groups is 1. The number of hydrogen-bond acceptors (Lipinski definition) is 5. The van der Waals surface area contributed by atoms with E-state index in [1.54, 1.807) is 6.20 Å². The van der Waals surface area contributed by atoms with Crippen molar-refractivity contribution in [2.45, 2.75) is 32.4 Å². The van der Waals surface area contributed by atoms with Crippen molar-refractivity contribution in [1.29, 1.82) is 0 Å². The second kappa shape index (κ2) is 7.40. The van der Waals surface area contributed by atoms with Gasteiger partial charge in [-0.2, -0.15) is 0 Å². The van der Waals surface area contributed by atoms with E-state index in [9.17, 15) is 4.79 Å². The molecule has 0 radical (unpaired) electrons.